The predicted molar refractivity (Wildman–Crippen MR) is 125 cm³/mol. The number of hydrogen-bond acceptors (Lipinski definition) is 5. The first-order valence-electron chi connectivity index (χ1n) is 9.93. The fourth-order valence-electron chi connectivity index (χ4n) is 3.26. The molecule has 0 aliphatic heterocycles. The summed E-state index contributed by atoms with van der Waals surface area (Å²) in [5.74, 6) is -1.12. The highest BCUT2D eigenvalue weighted by molar-refractivity contribution is 6.76. The lowest BCUT2D eigenvalue weighted by molar-refractivity contribution is 0.0901. The van der Waals surface area contributed by atoms with Gasteiger partial charge in [-0.2, -0.15) is 0 Å². The minimum absolute atomic E-state index is 0.122. The molecule has 168 valence electrons. The smallest absolute Gasteiger partial charge is 0.361 e. The van der Waals surface area contributed by atoms with Crippen molar-refractivity contribution in [3.8, 4) is 17.1 Å². The van der Waals surface area contributed by atoms with E-state index < -0.39 is 19.6 Å². The fraction of sp³-hybridized carbons (Fsp3) is 0.286. The molecule has 0 radical (unpaired) electrons. The van der Waals surface area contributed by atoms with Crippen molar-refractivity contribution in [3.05, 3.63) is 63.1 Å². The maximum atomic E-state index is 13.7. The quantitative estimate of drug-likeness (QED) is 0.247. The van der Waals surface area contributed by atoms with Gasteiger partial charge in [0.25, 0.3) is 0 Å². The van der Waals surface area contributed by atoms with Crippen molar-refractivity contribution >= 4 is 42.3 Å². The predicted octanol–water partition coefficient (Wildman–Crippen LogP) is 5.60. The first-order chi connectivity index (χ1) is 15.2. The molecule has 4 aromatic rings. The first kappa shape index (κ1) is 22.7. The van der Waals surface area contributed by atoms with Crippen LogP contribution in [-0.2, 0) is 11.5 Å². The number of nitrogens with zero attached hydrogens (tertiary/aromatic N) is 4. The molecule has 0 N–H and O–H groups in total. The molecule has 0 fully saturated rings. The van der Waals surface area contributed by atoms with Gasteiger partial charge in [0.1, 0.15) is 12.5 Å². The highest BCUT2D eigenvalue weighted by Crippen LogP contribution is 2.31. The lowest BCUT2D eigenvalue weighted by atomic mass is 10.1. The van der Waals surface area contributed by atoms with Gasteiger partial charge in [-0.05, 0) is 48.0 Å². The Bertz CT molecular complexity index is 1340. The number of para-hydroxylation sites is 1. The van der Waals surface area contributed by atoms with Gasteiger partial charge in [0, 0.05) is 20.2 Å². The van der Waals surface area contributed by atoms with Crippen molar-refractivity contribution in [1.29, 1.82) is 0 Å². The molecule has 7 nitrogen and oxygen atoms in total. The van der Waals surface area contributed by atoms with E-state index in [0.717, 1.165) is 6.04 Å². The van der Waals surface area contributed by atoms with Gasteiger partial charge >= 0.3 is 5.76 Å². The summed E-state index contributed by atoms with van der Waals surface area (Å²) in [7, 11) is -1.24. The van der Waals surface area contributed by atoms with E-state index in [4.69, 9.17) is 32.5 Å². The van der Waals surface area contributed by atoms with Crippen LogP contribution in [-0.4, -0.2) is 34.0 Å². The normalized spacial score (nSPS) is 12.1. The number of rotatable bonds is 7. The summed E-state index contributed by atoms with van der Waals surface area (Å²) in [6, 6.07) is 10.3. The molecular formula is C21H21Cl2FN4O3Si. The van der Waals surface area contributed by atoms with Crippen molar-refractivity contribution in [1.82, 2.24) is 19.3 Å². The van der Waals surface area contributed by atoms with Gasteiger partial charge in [-0.15, -0.1) is 0 Å². The van der Waals surface area contributed by atoms with Gasteiger partial charge in [0.2, 0.25) is 5.28 Å². The molecule has 11 heteroatoms. The van der Waals surface area contributed by atoms with Crippen molar-refractivity contribution in [3.63, 3.8) is 0 Å². The van der Waals surface area contributed by atoms with Gasteiger partial charge in [0.05, 0.1) is 21.7 Å². The van der Waals surface area contributed by atoms with E-state index in [0.29, 0.717) is 28.9 Å². The zero-order chi connectivity index (χ0) is 23.0. The highest BCUT2D eigenvalue weighted by atomic mass is 35.5. The molecule has 0 bridgehead atoms. The number of hydrogen-bond donors (Lipinski definition) is 0. The van der Waals surface area contributed by atoms with Gasteiger partial charge < -0.3 is 4.74 Å². The van der Waals surface area contributed by atoms with E-state index in [-0.39, 0.29) is 22.9 Å². The SMILES string of the molecule is C[Si](C)(C)CCOCn1c(Cl)nc2cccc(-c3noc(=O)n3-c3ccc(F)c(Cl)c3)c21. The van der Waals surface area contributed by atoms with Gasteiger partial charge in [-0.1, -0.05) is 42.5 Å². The largest absolute Gasteiger partial charge is 0.446 e. The third-order valence-corrected chi connectivity index (χ3v) is 7.23. The van der Waals surface area contributed by atoms with E-state index in [2.05, 4.69) is 29.8 Å². The molecule has 0 unspecified atom stereocenters. The Morgan fingerprint density at radius 1 is 1.19 bits per heavy atom. The molecule has 0 aliphatic rings. The van der Waals surface area contributed by atoms with Gasteiger partial charge in [-0.3, -0.25) is 9.09 Å². The monoisotopic (exact) mass is 494 g/mol. The standard InChI is InChI=1S/C21H21Cl2FN4O3Si/c1-32(2,3)10-9-30-12-27-18-14(5-4-6-17(18)25-20(27)23)19-26-31-21(29)28(19)13-7-8-16(24)15(22)11-13/h4-8,11H,9-10,12H2,1-3H3. The highest BCUT2D eigenvalue weighted by Gasteiger charge is 2.22. The van der Waals surface area contributed by atoms with Gasteiger partial charge in [-0.25, -0.2) is 18.7 Å². The van der Waals surface area contributed by atoms with Crippen LogP contribution in [0, 0.1) is 5.82 Å². The second-order valence-electron chi connectivity index (χ2n) is 8.54. The number of aromatic nitrogens is 4. The second kappa shape index (κ2) is 8.82. The molecule has 0 saturated carbocycles. The van der Waals surface area contributed by atoms with E-state index in [1.54, 1.807) is 22.8 Å². The Balaban J connectivity index is 1.79. The van der Waals surface area contributed by atoms with Crippen LogP contribution < -0.4 is 5.76 Å². The molecule has 2 heterocycles. The van der Waals surface area contributed by atoms with Gasteiger partial charge in [0.15, 0.2) is 5.82 Å². The average molecular weight is 495 g/mol. The van der Waals surface area contributed by atoms with Crippen molar-refractivity contribution in [2.75, 3.05) is 6.61 Å². The van der Waals surface area contributed by atoms with Crippen molar-refractivity contribution in [2.45, 2.75) is 32.4 Å². The summed E-state index contributed by atoms with van der Waals surface area (Å²) < 4.78 is 27.4. The van der Waals surface area contributed by atoms with Crippen molar-refractivity contribution in [2.24, 2.45) is 0 Å². The number of ether oxygens (including phenoxy) is 1. The molecule has 4 rings (SSSR count). The summed E-state index contributed by atoms with van der Waals surface area (Å²) in [6.07, 6.45) is 0. The molecule has 0 saturated heterocycles. The summed E-state index contributed by atoms with van der Waals surface area (Å²) in [4.78, 5) is 16.9. The number of imidazole rings is 1. The molecule has 2 aromatic carbocycles. The van der Waals surface area contributed by atoms with E-state index in [9.17, 15) is 9.18 Å². The van der Waals surface area contributed by atoms with E-state index >= 15 is 0 Å². The van der Waals surface area contributed by atoms with Crippen LogP contribution in [0.1, 0.15) is 0 Å². The average Bonchev–Trinajstić information content (AvgIpc) is 3.26. The van der Waals surface area contributed by atoms with Crippen LogP contribution >= 0.6 is 23.2 Å². The van der Waals surface area contributed by atoms with Crippen LogP contribution in [0.5, 0.6) is 0 Å². The Morgan fingerprint density at radius 2 is 1.97 bits per heavy atom. The zero-order valence-electron chi connectivity index (χ0n) is 17.7. The topological polar surface area (TPSA) is 75.1 Å². The molecule has 0 aliphatic carbocycles. The summed E-state index contributed by atoms with van der Waals surface area (Å²) in [5.41, 5.74) is 2.13. The van der Waals surface area contributed by atoms with Crippen LogP contribution in [0.25, 0.3) is 28.1 Å². The van der Waals surface area contributed by atoms with Crippen molar-refractivity contribution < 1.29 is 13.7 Å². The maximum absolute atomic E-state index is 13.7. The van der Waals surface area contributed by atoms with E-state index in [1.807, 2.05) is 0 Å². The third kappa shape index (κ3) is 4.51. The Labute approximate surface area is 194 Å². The summed E-state index contributed by atoms with van der Waals surface area (Å²) in [6.45, 7) is 7.64. The Kier molecular flexibility index (Phi) is 6.26. The minimum atomic E-state index is -1.24. The van der Waals surface area contributed by atoms with Crippen LogP contribution in [0.15, 0.2) is 45.7 Å². The van der Waals surface area contributed by atoms with Crippen LogP contribution in [0.2, 0.25) is 36.0 Å². The molecule has 0 amide bonds. The third-order valence-electron chi connectivity index (χ3n) is 4.94. The lowest BCUT2D eigenvalue weighted by Gasteiger charge is -2.16. The van der Waals surface area contributed by atoms with E-state index in [1.165, 1.54) is 22.8 Å². The number of halogens is 3. The molecule has 32 heavy (non-hydrogen) atoms. The van der Waals surface area contributed by atoms with Crippen LogP contribution in [0.4, 0.5) is 4.39 Å². The second-order valence-corrected chi connectivity index (χ2v) is 14.9. The Hall–Kier alpha value is -2.46. The number of benzene rings is 2. The Morgan fingerprint density at radius 3 is 2.69 bits per heavy atom. The summed E-state index contributed by atoms with van der Waals surface area (Å²) in [5, 5.41) is 4.09. The lowest BCUT2D eigenvalue weighted by Crippen LogP contribution is -2.22. The molecular weight excluding hydrogens is 474 g/mol. The fourth-order valence-corrected chi connectivity index (χ4v) is 4.42. The molecule has 2 aromatic heterocycles. The first-order valence-corrected chi connectivity index (χ1v) is 14.4. The van der Waals surface area contributed by atoms with Crippen LogP contribution in [0.3, 0.4) is 0 Å². The maximum Gasteiger partial charge on any atom is 0.446 e. The number of fused-ring (bicyclic) bond motifs is 1. The molecule has 0 atom stereocenters. The minimum Gasteiger partial charge on any atom is -0.361 e. The molecule has 0 spiro atoms. The summed E-state index contributed by atoms with van der Waals surface area (Å²) >= 11 is 12.3. The zero-order valence-corrected chi connectivity index (χ0v) is 20.2.